The summed E-state index contributed by atoms with van der Waals surface area (Å²) in [5, 5.41) is 13.6. The lowest BCUT2D eigenvalue weighted by Gasteiger charge is -2.20. The number of aliphatic hydroxyl groups is 1. The van der Waals surface area contributed by atoms with E-state index in [2.05, 4.69) is 12.2 Å². The fraction of sp³-hybridized carbons (Fsp3) is 0.250. The first kappa shape index (κ1) is 13.9. The first-order valence-corrected chi connectivity index (χ1v) is 6.83. The van der Waals surface area contributed by atoms with E-state index in [9.17, 15) is 5.11 Å². The minimum absolute atomic E-state index is 0.0419. The third kappa shape index (κ3) is 3.49. The van der Waals surface area contributed by atoms with Crippen molar-refractivity contribution in [2.45, 2.75) is 26.0 Å². The smallest absolute Gasteiger partial charge is 0.0701 e. The lowest BCUT2D eigenvalue weighted by Crippen LogP contribution is -2.11. The molecule has 2 rings (SSSR count). The third-order valence-electron chi connectivity index (χ3n) is 3.20. The van der Waals surface area contributed by atoms with Crippen LogP contribution in [0.15, 0.2) is 48.5 Å². The van der Waals surface area contributed by atoms with E-state index >= 15 is 0 Å². The maximum absolute atomic E-state index is 9.35. The van der Waals surface area contributed by atoms with E-state index in [1.54, 1.807) is 0 Å². The van der Waals surface area contributed by atoms with Gasteiger partial charge in [0.25, 0.3) is 0 Å². The Morgan fingerprint density at radius 3 is 2.42 bits per heavy atom. The average Bonchev–Trinajstić information content (AvgIpc) is 2.46. The van der Waals surface area contributed by atoms with Gasteiger partial charge in [0, 0.05) is 16.3 Å². The number of para-hydroxylation sites is 1. The monoisotopic (exact) mass is 275 g/mol. The van der Waals surface area contributed by atoms with Gasteiger partial charge >= 0.3 is 0 Å². The van der Waals surface area contributed by atoms with Crippen molar-refractivity contribution in [2.75, 3.05) is 5.32 Å². The van der Waals surface area contributed by atoms with Crippen molar-refractivity contribution in [2.24, 2.45) is 0 Å². The highest BCUT2D eigenvalue weighted by Gasteiger charge is 2.10. The molecule has 0 radical (unpaired) electrons. The fourth-order valence-corrected chi connectivity index (χ4v) is 2.23. The van der Waals surface area contributed by atoms with Crippen molar-refractivity contribution in [3.05, 3.63) is 64.7 Å². The number of halogens is 1. The number of rotatable bonds is 5. The fourth-order valence-electron chi connectivity index (χ4n) is 2.10. The maximum Gasteiger partial charge on any atom is 0.0701 e. The van der Waals surface area contributed by atoms with Gasteiger partial charge < -0.3 is 10.4 Å². The summed E-state index contributed by atoms with van der Waals surface area (Å²) in [6.45, 7) is 2.17. The van der Waals surface area contributed by atoms with Crippen LogP contribution in [0, 0.1) is 0 Å². The van der Waals surface area contributed by atoms with Gasteiger partial charge in [0.2, 0.25) is 0 Å². The van der Waals surface area contributed by atoms with E-state index in [-0.39, 0.29) is 12.6 Å². The molecule has 2 nitrogen and oxygen atoms in total. The number of hydrogen-bond donors (Lipinski definition) is 2. The summed E-state index contributed by atoms with van der Waals surface area (Å²) in [5.74, 6) is 0. The molecule has 0 spiro atoms. The first-order valence-electron chi connectivity index (χ1n) is 6.45. The Balaban J connectivity index is 2.21. The van der Waals surface area contributed by atoms with E-state index in [0.29, 0.717) is 0 Å². The van der Waals surface area contributed by atoms with E-state index < -0.39 is 0 Å². The summed E-state index contributed by atoms with van der Waals surface area (Å²) < 4.78 is 0. The van der Waals surface area contributed by atoms with Crippen LogP contribution < -0.4 is 5.32 Å². The average molecular weight is 276 g/mol. The number of benzene rings is 2. The van der Waals surface area contributed by atoms with Gasteiger partial charge in [0.1, 0.15) is 0 Å². The molecule has 2 aromatic rings. The molecule has 3 heteroatoms. The van der Waals surface area contributed by atoms with Gasteiger partial charge in [-0.05, 0) is 30.2 Å². The van der Waals surface area contributed by atoms with Crippen molar-refractivity contribution in [1.29, 1.82) is 0 Å². The molecular formula is C16H18ClNO. The van der Waals surface area contributed by atoms with Crippen molar-refractivity contribution in [3.8, 4) is 0 Å². The molecule has 0 aromatic heterocycles. The molecule has 0 heterocycles. The van der Waals surface area contributed by atoms with Gasteiger partial charge in [0.05, 0.1) is 12.6 Å². The summed E-state index contributed by atoms with van der Waals surface area (Å²) in [6, 6.07) is 15.9. The predicted octanol–water partition coefficient (Wildman–Crippen LogP) is 4.40. The number of aliphatic hydroxyl groups excluding tert-OH is 1. The predicted molar refractivity (Wildman–Crippen MR) is 80.5 cm³/mol. The summed E-state index contributed by atoms with van der Waals surface area (Å²) in [5.41, 5.74) is 3.08. The van der Waals surface area contributed by atoms with Crippen LogP contribution >= 0.6 is 11.6 Å². The Hall–Kier alpha value is -1.51. The second kappa shape index (κ2) is 6.60. The number of hydrogen-bond acceptors (Lipinski definition) is 2. The Morgan fingerprint density at radius 1 is 1.11 bits per heavy atom. The molecule has 0 aliphatic rings. The molecule has 19 heavy (non-hydrogen) atoms. The number of anilines is 1. The normalized spacial score (nSPS) is 12.2. The Labute approximate surface area is 119 Å². The zero-order valence-corrected chi connectivity index (χ0v) is 11.7. The standard InChI is InChI=1S/C16H18ClNO/c1-2-15(12-7-9-14(17)10-8-12)18-16-6-4-3-5-13(16)11-19/h3-10,15,18-19H,2,11H2,1H3. The molecule has 0 aliphatic heterocycles. The van der Waals surface area contributed by atoms with Crippen molar-refractivity contribution in [3.63, 3.8) is 0 Å². The van der Waals surface area contributed by atoms with Crippen LogP contribution in [0.4, 0.5) is 5.69 Å². The lowest BCUT2D eigenvalue weighted by molar-refractivity contribution is 0.282. The van der Waals surface area contributed by atoms with Crippen molar-refractivity contribution >= 4 is 17.3 Å². The molecule has 100 valence electrons. The van der Waals surface area contributed by atoms with Gasteiger partial charge in [-0.2, -0.15) is 0 Å². The summed E-state index contributed by atoms with van der Waals surface area (Å²) in [7, 11) is 0. The topological polar surface area (TPSA) is 32.3 Å². The molecule has 1 unspecified atom stereocenters. The summed E-state index contributed by atoms with van der Waals surface area (Å²) >= 11 is 5.91. The Kier molecular flexibility index (Phi) is 4.83. The third-order valence-corrected chi connectivity index (χ3v) is 3.45. The SMILES string of the molecule is CCC(Nc1ccccc1CO)c1ccc(Cl)cc1. The molecular weight excluding hydrogens is 258 g/mol. The molecule has 1 atom stereocenters. The van der Waals surface area contributed by atoms with Crippen molar-refractivity contribution < 1.29 is 5.11 Å². The van der Waals surface area contributed by atoms with Crippen LogP contribution in [-0.2, 0) is 6.61 Å². The van der Waals surface area contributed by atoms with Gasteiger partial charge in [0.15, 0.2) is 0 Å². The van der Waals surface area contributed by atoms with Crippen LogP contribution in [0.2, 0.25) is 5.02 Å². The first-order chi connectivity index (χ1) is 9.24. The Bertz CT molecular complexity index is 525. The minimum Gasteiger partial charge on any atom is -0.392 e. The second-order valence-corrected chi connectivity index (χ2v) is 4.91. The molecule has 0 fully saturated rings. The zero-order valence-electron chi connectivity index (χ0n) is 10.9. The summed E-state index contributed by atoms with van der Waals surface area (Å²) in [6.07, 6.45) is 0.960. The Morgan fingerprint density at radius 2 is 1.79 bits per heavy atom. The van der Waals surface area contributed by atoms with Crippen molar-refractivity contribution in [1.82, 2.24) is 0 Å². The molecule has 0 saturated carbocycles. The quantitative estimate of drug-likeness (QED) is 0.848. The van der Waals surface area contributed by atoms with Crippen LogP contribution in [0.5, 0.6) is 0 Å². The lowest BCUT2D eigenvalue weighted by atomic mass is 10.0. The molecule has 0 aliphatic carbocycles. The maximum atomic E-state index is 9.35. The van der Waals surface area contributed by atoms with E-state index in [0.717, 1.165) is 22.7 Å². The van der Waals surface area contributed by atoms with E-state index in [1.807, 2.05) is 48.5 Å². The second-order valence-electron chi connectivity index (χ2n) is 4.47. The van der Waals surface area contributed by atoms with E-state index in [1.165, 1.54) is 5.56 Å². The van der Waals surface area contributed by atoms with Gasteiger partial charge in [-0.3, -0.25) is 0 Å². The highest BCUT2D eigenvalue weighted by Crippen LogP contribution is 2.25. The largest absolute Gasteiger partial charge is 0.392 e. The van der Waals surface area contributed by atoms with Crippen LogP contribution in [0.25, 0.3) is 0 Å². The molecule has 0 amide bonds. The minimum atomic E-state index is 0.0419. The molecule has 2 aromatic carbocycles. The van der Waals surface area contributed by atoms with E-state index in [4.69, 9.17) is 11.6 Å². The van der Waals surface area contributed by atoms with Gasteiger partial charge in [-0.15, -0.1) is 0 Å². The summed E-state index contributed by atoms with van der Waals surface area (Å²) in [4.78, 5) is 0. The highest BCUT2D eigenvalue weighted by atomic mass is 35.5. The van der Waals surface area contributed by atoms with Crippen LogP contribution in [0.1, 0.15) is 30.5 Å². The van der Waals surface area contributed by atoms with Crippen LogP contribution in [0.3, 0.4) is 0 Å². The zero-order chi connectivity index (χ0) is 13.7. The molecule has 0 bridgehead atoms. The van der Waals surface area contributed by atoms with Gasteiger partial charge in [-0.1, -0.05) is 48.9 Å². The molecule has 0 saturated heterocycles. The number of nitrogens with one attached hydrogen (secondary N) is 1. The van der Waals surface area contributed by atoms with Crippen LogP contribution in [-0.4, -0.2) is 5.11 Å². The highest BCUT2D eigenvalue weighted by molar-refractivity contribution is 6.30. The molecule has 2 N–H and O–H groups in total. The van der Waals surface area contributed by atoms with Gasteiger partial charge in [-0.25, -0.2) is 0 Å².